The van der Waals surface area contributed by atoms with Crippen LogP contribution in [0.15, 0.2) is 64.1 Å². The van der Waals surface area contributed by atoms with Gasteiger partial charge in [-0.3, -0.25) is 0 Å². The molecule has 2 aromatic rings. The van der Waals surface area contributed by atoms with Gasteiger partial charge >= 0.3 is 5.97 Å². The van der Waals surface area contributed by atoms with E-state index in [-0.39, 0.29) is 22.3 Å². The third-order valence-corrected chi connectivity index (χ3v) is 6.30. The summed E-state index contributed by atoms with van der Waals surface area (Å²) in [6.45, 7) is 4.30. The maximum atomic E-state index is 13.0. The fraction of sp³-hybridized carbons (Fsp3) is 0.200. The van der Waals surface area contributed by atoms with Gasteiger partial charge in [0.05, 0.1) is 4.90 Å². The highest BCUT2D eigenvalue weighted by Crippen LogP contribution is 2.21. The fourth-order valence-corrected chi connectivity index (χ4v) is 4.19. The molecule has 0 saturated carbocycles. The zero-order valence-electron chi connectivity index (χ0n) is 15.4. The summed E-state index contributed by atoms with van der Waals surface area (Å²) < 4.78 is 44.6. The van der Waals surface area contributed by atoms with E-state index >= 15 is 0 Å². The normalized spacial score (nSPS) is 15.8. The standard InChI is InChI=1S/C20H19FN2O4S/c1-3-23(4-2)28(25,26)17-11-7-15(8-12-17)19-22-18(20(24)27-19)13-14-5-9-16(21)10-6-14/h5-13H,3-4H2,1-2H3/b18-13-. The summed E-state index contributed by atoms with van der Waals surface area (Å²) >= 11 is 0. The Morgan fingerprint density at radius 1 is 1.04 bits per heavy atom. The molecule has 0 saturated heterocycles. The Hall–Kier alpha value is -2.84. The molecule has 0 N–H and O–H groups in total. The Morgan fingerprint density at radius 2 is 1.64 bits per heavy atom. The maximum absolute atomic E-state index is 13.0. The Bertz CT molecular complexity index is 1040. The molecule has 1 aliphatic heterocycles. The van der Waals surface area contributed by atoms with Crippen LogP contribution in [-0.2, 0) is 19.6 Å². The number of halogens is 1. The molecule has 1 aliphatic rings. The second-order valence-electron chi connectivity index (χ2n) is 6.00. The number of hydrogen-bond acceptors (Lipinski definition) is 5. The van der Waals surface area contributed by atoms with E-state index < -0.39 is 16.0 Å². The van der Waals surface area contributed by atoms with Crippen LogP contribution in [0.5, 0.6) is 0 Å². The van der Waals surface area contributed by atoms with Gasteiger partial charge in [-0.05, 0) is 48.0 Å². The number of esters is 1. The average molecular weight is 402 g/mol. The summed E-state index contributed by atoms with van der Waals surface area (Å²) in [5.41, 5.74) is 1.18. The number of nitrogens with zero attached hydrogens (tertiary/aromatic N) is 2. The fourth-order valence-electron chi connectivity index (χ4n) is 2.73. The molecule has 8 heteroatoms. The minimum absolute atomic E-state index is 0.0847. The maximum Gasteiger partial charge on any atom is 0.363 e. The Balaban J connectivity index is 1.86. The van der Waals surface area contributed by atoms with E-state index in [0.29, 0.717) is 24.2 Å². The molecule has 1 heterocycles. The van der Waals surface area contributed by atoms with Crippen LogP contribution in [0.4, 0.5) is 4.39 Å². The first kappa shape index (κ1) is 19.9. The second kappa shape index (κ2) is 8.04. The van der Waals surface area contributed by atoms with Crippen LogP contribution >= 0.6 is 0 Å². The zero-order chi connectivity index (χ0) is 20.3. The van der Waals surface area contributed by atoms with Crippen molar-refractivity contribution in [2.45, 2.75) is 18.7 Å². The van der Waals surface area contributed by atoms with Crippen LogP contribution in [0.3, 0.4) is 0 Å². The molecule has 0 atom stereocenters. The van der Waals surface area contributed by atoms with Crippen molar-refractivity contribution in [3.8, 4) is 0 Å². The third-order valence-electron chi connectivity index (χ3n) is 4.24. The van der Waals surface area contributed by atoms with Gasteiger partial charge in [0, 0.05) is 18.7 Å². The van der Waals surface area contributed by atoms with E-state index in [1.807, 2.05) is 0 Å². The number of carbonyl (C=O) groups excluding carboxylic acids is 1. The van der Waals surface area contributed by atoms with Gasteiger partial charge in [-0.1, -0.05) is 26.0 Å². The lowest BCUT2D eigenvalue weighted by molar-refractivity contribution is -0.129. The van der Waals surface area contributed by atoms with Gasteiger partial charge in [0.25, 0.3) is 0 Å². The van der Waals surface area contributed by atoms with E-state index in [9.17, 15) is 17.6 Å². The van der Waals surface area contributed by atoms with E-state index in [0.717, 1.165) is 0 Å². The first-order chi connectivity index (χ1) is 13.3. The number of cyclic esters (lactones) is 1. The van der Waals surface area contributed by atoms with Crippen molar-refractivity contribution in [1.29, 1.82) is 0 Å². The van der Waals surface area contributed by atoms with Gasteiger partial charge in [0.2, 0.25) is 15.9 Å². The third kappa shape index (κ3) is 4.02. The topological polar surface area (TPSA) is 76.0 Å². The number of carbonyl (C=O) groups is 1. The lowest BCUT2D eigenvalue weighted by Crippen LogP contribution is -2.30. The predicted molar refractivity (Wildman–Crippen MR) is 104 cm³/mol. The van der Waals surface area contributed by atoms with Crippen LogP contribution in [-0.4, -0.2) is 37.7 Å². The smallest absolute Gasteiger partial charge is 0.363 e. The van der Waals surface area contributed by atoms with E-state index in [4.69, 9.17) is 4.74 Å². The molecule has 3 rings (SSSR count). The van der Waals surface area contributed by atoms with Gasteiger partial charge in [0.1, 0.15) is 5.82 Å². The van der Waals surface area contributed by atoms with Crippen molar-refractivity contribution in [2.75, 3.05) is 13.1 Å². The molecule has 0 unspecified atom stereocenters. The highest BCUT2D eigenvalue weighted by molar-refractivity contribution is 7.89. The SMILES string of the molecule is CCN(CC)S(=O)(=O)c1ccc(C2=N/C(=C\c3ccc(F)cc3)C(=O)O2)cc1. The van der Waals surface area contributed by atoms with Crippen molar-refractivity contribution in [1.82, 2.24) is 4.31 Å². The Kier molecular flexibility index (Phi) is 5.71. The molecule has 0 aliphatic carbocycles. The molecule has 0 aromatic heterocycles. The van der Waals surface area contributed by atoms with Gasteiger partial charge in [0.15, 0.2) is 5.70 Å². The van der Waals surface area contributed by atoms with Crippen LogP contribution in [0.25, 0.3) is 6.08 Å². The Morgan fingerprint density at radius 3 is 2.21 bits per heavy atom. The first-order valence-corrected chi connectivity index (χ1v) is 10.2. The molecule has 0 amide bonds. The van der Waals surface area contributed by atoms with Crippen molar-refractivity contribution >= 4 is 28.0 Å². The lowest BCUT2D eigenvalue weighted by atomic mass is 10.2. The Labute approximate surface area is 163 Å². The summed E-state index contributed by atoms with van der Waals surface area (Å²) in [4.78, 5) is 16.4. The molecule has 0 radical (unpaired) electrons. The molecular formula is C20H19FN2O4S. The van der Waals surface area contributed by atoms with Crippen LogP contribution in [0.2, 0.25) is 0 Å². The minimum atomic E-state index is -3.56. The number of aliphatic imine (C=N–C) groups is 1. The summed E-state index contributed by atoms with van der Waals surface area (Å²) in [6.07, 6.45) is 1.49. The monoisotopic (exact) mass is 402 g/mol. The summed E-state index contributed by atoms with van der Waals surface area (Å²) in [5, 5.41) is 0. The average Bonchev–Trinajstić information content (AvgIpc) is 3.05. The first-order valence-electron chi connectivity index (χ1n) is 8.74. The summed E-state index contributed by atoms with van der Waals surface area (Å²) in [5.74, 6) is -0.913. The van der Waals surface area contributed by atoms with E-state index in [1.54, 1.807) is 26.0 Å². The second-order valence-corrected chi connectivity index (χ2v) is 7.94. The zero-order valence-corrected chi connectivity index (χ0v) is 16.2. The van der Waals surface area contributed by atoms with Crippen molar-refractivity contribution in [2.24, 2.45) is 4.99 Å². The number of ether oxygens (including phenoxy) is 1. The van der Waals surface area contributed by atoms with Crippen molar-refractivity contribution in [3.63, 3.8) is 0 Å². The summed E-state index contributed by atoms with van der Waals surface area (Å²) in [7, 11) is -3.56. The van der Waals surface area contributed by atoms with Crippen LogP contribution in [0.1, 0.15) is 25.0 Å². The van der Waals surface area contributed by atoms with Crippen molar-refractivity contribution < 1.29 is 22.3 Å². The number of hydrogen-bond donors (Lipinski definition) is 0. The minimum Gasteiger partial charge on any atom is -0.402 e. The summed E-state index contributed by atoms with van der Waals surface area (Å²) in [6, 6.07) is 11.6. The molecule has 0 bridgehead atoms. The van der Waals surface area contributed by atoms with Gasteiger partial charge in [-0.2, -0.15) is 4.31 Å². The highest BCUT2D eigenvalue weighted by Gasteiger charge is 2.26. The van der Waals surface area contributed by atoms with E-state index in [2.05, 4.69) is 4.99 Å². The highest BCUT2D eigenvalue weighted by atomic mass is 32.2. The molecule has 0 fully saturated rings. The van der Waals surface area contributed by atoms with Crippen LogP contribution < -0.4 is 0 Å². The molecule has 2 aromatic carbocycles. The van der Waals surface area contributed by atoms with E-state index in [1.165, 1.54) is 46.8 Å². The quantitative estimate of drug-likeness (QED) is 0.549. The van der Waals surface area contributed by atoms with Crippen LogP contribution in [0, 0.1) is 5.82 Å². The van der Waals surface area contributed by atoms with Crippen molar-refractivity contribution in [3.05, 3.63) is 71.2 Å². The van der Waals surface area contributed by atoms with Gasteiger partial charge in [-0.15, -0.1) is 0 Å². The van der Waals surface area contributed by atoms with Gasteiger partial charge in [-0.25, -0.2) is 22.6 Å². The molecule has 6 nitrogen and oxygen atoms in total. The number of sulfonamides is 1. The molecule has 0 spiro atoms. The number of rotatable bonds is 6. The molecule has 146 valence electrons. The lowest BCUT2D eigenvalue weighted by Gasteiger charge is -2.18. The number of benzene rings is 2. The molecular weight excluding hydrogens is 383 g/mol. The molecule has 28 heavy (non-hydrogen) atoms. The largest absolute Gasteiger partial charge is 0.402 e. The predicted octanol–water partition coefficient (Wildman–Crippen LogP) is 3.20. The van der Waals surface area contributed by atoms with Gasteiger partial charge < -0.3 is 4.74 Å².